The first-order valence-electron chi connectivity index (χ1n) is 8.57. The Kier molecular flexibility index (Phi) is 4.89. The van der Waals surface area contributed by atoms with E-state index in [0.29, 0.717) is 32.6 Å². The third-order valence-electron chi connectivity index (χ3n) is 4.69. The van der Waals surface area contributed by atoms with Gasteiger partial charge in [-0.2, -0.15) is 0 Å². The van der Waals surface area contributed by atoms with Gasteiger partial charge in [-0.05, 0) is 35.9 Å². The van der Waals surface area contributed by atoms with Crippen LogP contribution in [0.25, 0.3) is 22.2 Å². The SMILES string of the molecule is Cn1c(=O)cc(-c2cccc(Cl)n2)c2cc(C(N)c3ccc(Cl)cc3)ncc21. The van der Waals surface area contributed by atoms with Crippen LogP contribution < -0.4 is 11.3 Å². The van der Waals surface area contributed by atoms with E-state index in [0.717, 1.165) is 10.9 Å². The Morgan fingerprint density at radius 3 is 2.54 bits per heavy atom. The number of rotatable bonds is 3. The Morgan fingerprint density at radius 2 is 1.82 bits per heavy atom. The van der Waals surface area contributed by atoms with Crippen LogP contribution in [0.15, 0.2) is 65.6 Å². The third kappa shape index (κ3) is 3.40. The van der Waals surface area contributed by atoms with E-state index in [4.69, 9.17) is 28.9 Å². The Balaban J connectivity index is 1.92. The summed E-state index contributed by atoms with van der Waals surface area (Å²) >= 11 is 12.0. The van der Waals surface area contributed by atoms with Crippen LogP contribution in [0.4, 0.5) is 0 Å². The fraction of sp³-hybridized carbons (Fsp3) is 0.0952. The van der Waals surface area contributed by atoms with Crippen molar-refractivity contribution in [2.24, 2.45) is 12.8 Å². The minimum atomic E-state index is -0.431. The molecule has 1 unspecified atom stereocenters. The number of nitrogens with zero attached hydrogens (tertiary/aromatic N) is 3. The van der Waals surface area contributed by atoms with Crippen LogP contribution in [0.1, 0.15) is 17.3 Å². The van der Waals surface area contributed by atoms with Crippen molar-refractivity contribution in [3.63, 3.8) is 0 Å². The van der Waals surface area contributed by atoms with E-state index in [1.54, 1.807) is 48.1 Å². The Morgan fingerprint density at radius 1 is 1.07 bits per heavy atom. The first-order chi connectivity index (χ1) is 13.4. The van der Waals surface area contributed by atoms with Crippen LogP contribution in [-0.4, -0.2) is 14.5 Å². The van der Waals surface area contributed by atoms with Crippen molar-refractivity contribution in [3.8, 4) is 11.3 Å². The maximum absolute atomic E-state index is 12.4. The summed E-state index contributed by atoms with van der Waals surface area (Å²) in [6, 6.07) is 15.7. The molecule has 0 saturated heterocycles. The molecule has 7 heteroatoms. The number of hydrogen-bond acceptors (Lipinski definition) is 4. The summed E-state index contributed by atoms with van der Waals surface area (Å²) in [4.78, 5) is 21.3. The summed E-state index contributed by atoms with van der Waals surface area (Å²) < 4.78 is 1.55. The first kappa shape index (κ1) is 18.6. The maximum atomic E-state index is 12.4. The van der Waals surface area contributed by atoms with Crippen molar-refractivity contribution in [1.29, 1.82) is 0 Å². The predicted octanol–water partition coefficient (Wildman–Crippen LogP) is 4.35. The molecule has 0 aliphatic rings. The monoisotopic (exact) mass is 410 g/mol. The summed E-state index contributed by atoms with van der Waals surface area (Å²) in [5.74, 6) is 0. The lowest BCUT2D eigenvalue weighted by Crippen LogP contribution is -2.18. The average molecular weight is 411 g/mol. The van der Waals surface area contributed by atoms with Gasteiger partial charge >= 0.3 is 0 Å². The van der Waals surface area contributed by atoms with Gasteiger partial charge in [-0.15, -0.1) is 0 Å². The van der Waals surface area contributed by atoms with Crippen LogP contribution in [0.2, 0.25) is 10.2 Å². The van der Waals surface area contributed by atoms with E-state index in [9.17, 15) is 4.79 Å². The van der Waals surface area contributed by atoms with E-state index in [-0.39, 0.29) is 5.56 Å². The smallest absolute Gasteiger partial charge is 0.251 e. The molecule has 0 aliphatic carbocycles. The molecule has 5 nitrogen and oxygen atoms in total. The lowest BCUT2D eigenvalue weighted by molar-refractivity contribution is 0.827. The average Bonchev–Trinajstić information content (AvgIpc) is 2.70. The zero-order valence-corrected chi connectivity index (χ0v) is 16.4. The zero-order valence-electron chi connectivity index (χ0n) is 14.9. The summed E-state index contributed by atoms with van der Waals surface area (Å²) in [5.41, 5.74) is 9.84. The minimum Gasteiger partial charge on any atom is -0.319 e. The lowest BCUT2D eigenvalue weighted by Gasteiger charge is -2.15. The molecule has 0 aliphatic heterocycles. The molecule has 0 bridgehead atoms. The third-order valence-corrected chi connectivity index (χ3v) is 5.16. The Bertz CT molecular complexity index is 1240. The van der Waals surface area contributed by atoms with Gasteiger partial charge in [-0.3, -0.25) is 9.78 Å². The van der Waals surface area contributed by atoms with E-state index in [2.05, 4.69) is 9.97 Å². The van der Waals surface area contributed by atoms with Gasteiger partial charge in [0.25, 0.3) is 5.56 Å². The molecule has 4 aromatic rings. The van der Waals surface area contributed by atoms with Crippen molar-refractivity contribution >= 4 is 34.1 Å². The molecule has 3 heterocycles. The number of aromatic nitrogens is 3. The largest absolute Gasteiger partial charge is 0.319 e. The number of pyridine rings is 3. The molecule has 28 heavy (non-hydrogen) atoms. The maximum Gasteiger partial charge on any atom is 0.251 e. The van der Waals surface area contributed by atoms with Crippen LogP contribution in [0.5, 0.6) is 0 Å². The van der Waals surface area contributed by atoms with Gasteiger partial charge in [0.2, 0.25) is 0 Å². The minimum absolute atomic E-state index is 0.152. The number of halogens is 2. The van der Waals surface area contributed by atoms with Gasteiger partial charge in [0.15, 0.2) is 0 Å². The van der Waals surface area contributed by atoms with Crippen LogP contribution in [0, 0.1) is 0 Å². The second-order valence-electron chi connectivity index (χ2n) is 6.46. The zero-order chi connectivity index (χ0) is 19.8. The number of benzene rings is 1. The van der Waals surface area contributed by atoms with Crippen LogP contribution >= 0.6 is 23.2 Å². The Labute approximate surface area is 171 Å². The van der Waals surface area contributed by atoms with Crippen molar-refractivity contribution in [2.75, 3.05) is 0 Å². The molecule has 0 fully saturated rings. The van der Waals surface area contributed by atoms with Crippen LogP contribution in [0.3, 0.4) is 0 Å². The molecular weight excluding hydrogens is 395 g/mol. The molecule has 0 radical (unpaired) electrons. The van der Waals surface area contributed by atoms with Gasteiger partial charge in [0.1, 0.15) is 5.15 Å². The summed E-state index contributed by atoms with van der Waals surface area (Å²) in [7, 11) is 1.71. The molecular formula is C21H16Cl2N4O. The summed E-state index contributed by atoms with van der Waals surface area (Å²) in [5, 5.41) is 1.83. The van der Waals surface area contributed by atoms with Crippen molar-refractivity contribution in [3.05, 3.63) is 92.6 Å². The molecule has 1 atom stereocenters. The second-order valence-corrected chi connectivity index (χ2v) is 7.28. The summed E-state index contributed by atoms with van der Waals surface area (Å²) in [6.07, 6.45) is 1.66. The standard InChI is InChI=1S/C21H16Cl2N4O/c1-27-18-11-25-17(21(24)12-5-7-13(22)8-6-12)9-15(18)14(10-20(27)28)16-3-2-4-19(23)26-16/h2-11,21H,24H2,1H3. The number of aryl methyl sites for hydroxylation is 1. The number of nitrogens with two attached hydrogens (primary N) is 1. The van der Waals surface area contributed by atoms with Gasteiger partial charge in [-0.25, -0.2) is 4.98 Å². The molecule has 0 spiro atoms. The van der Waals surface area contributed by atoms with Gasteiger partial charge in [0, 0.05) is 29.1 Å². The first-order valence-corrected chi connectivity index (χ1v) is 9.33. The topological polar surface area (TPSA) is 73.8 Å². The fourth-order valence-corrected chi connectivity index (χ4v) is 3.44. The molecule has 0 amide bonds. The number of fused-ring (bicyclic) bond motifs is 1. The van der Waals surface area contributed by atoms with Crippen molar-refractivity contribution in [2.45, 2.75) is 6.04 Å². The normalized spacial score (nSPS) is 12.3. The highest BCUT2D eigenvalue weighted by atomic mass is 35.5. The van der Waals surface area contributed by atoms with Crippen molar-refractivity contribution < 1.29 is 0 Å². The van der Waals surface area contributed by atoms with E-state index in [1.165, 1.54) is 0 Å². The molecule has 140 valence electrons. The van der Waals surface area contributed by atoms with E-state index >= 15 is 0 Å². The quantitative estimate of drug-likeness (QED) is 0.509. The second kappa shape index (κ2) is 7.36. The van der Waals surface area contributed by atoms with E-state index in [1.807, 2.05) is 24.3 Å². The molecule has 1 aromatic carbocycles. The van der Waals surface area contributed by atoms with Crippen molar-refractivity contribution in [1.82, 2.24) is 14.5 Å². The van der Waals surface area contributed by atoms with E-state index < -0.39 is 6.04 Å². The molecule has 3 aromatic heterocycles. The number of hydrogen-bond donors (Lipinski definition) is 1. The predicted molar refractivity (Wildman–Crippen MR) is 113 cm³/mol. The van der Waals surface area contributed by atoms with Gasteiger partial charge in [-0.1, -0.05) is 41.4 Å². The molecule has 0 saturated carbocycles. The highest BCUT2D eigenvalue weighted by Crippen LogP contribution is 2.29. The van der Waals surface area contributed by atoms with Gasteiger partial charge in [0.05, 0.1) is 29.1 Å². The fourth-order valence-electron chi connectivity index (χ4n) is 3.15. The highest BCUT2D eigenvalue weighted by Gasteiger charge is 2.15. The molecule has 2 N–H and O–H groups in total. The van der Waals surface area contributed by atoms with Crippen LogP contribution in [-0.2, 0) is 7.05 Å². The highest BCUT2D eigenvalue weighted by molar-refractivity contribution is 6.30. The summed E-state index contributed by atoms with van der Waals surface area (Å²) in [6.45, 7) is 0. The van der Waals surface area contributed by atoms with Gasteiger partial charge < -0.3 is 10.3 Å². The Hall–Kier alpha value is -2.73. The molecule has 4 rings (SSSR count). The lowest BCUT2D eigenvalue weighted by atomic mass is 10.0.